The highest BCUT2D eigenvalue weighted by molar-refractivity contribution is 6.32. The van der Waals surface area contributed by atoms with Gasteiger partial charge in [-0.1, -0.05) is 11.6 Å². The number of esters is 1. The van der Waals surface area contributed by atoms with Crippen molar-refractivity contribution in [2.75, 3.05) is 7.11 Å². The van der Waals surface area contributed by atoms with Crippen molar-refractivity contribution >= 4 is 17.6 Å². The molecule has 0 amide bonds. The van der Waals surface area contributed by atoms with E-state index in [4.69, 9.17) is 25.8 Å². The molecule has 1 unspecified atom stereocenters. The third-order valence-corrected chi connectivity index (χ3v) is 6.76. The van der Waals surface area contributed by atoms with Gasteiger partial charge in [-0.25, -0.2) is 13.6 Å². The van der Waals surface area contributed by atoms with Gasteiger partial charge in [0.05, 0.1) is 17.7 Å². The van der Waals surface area contributed by atoms with E-state index in [-0.39, 0.29) is 30.8 Å². The normalized spacial score (nSPS) is 30.7. The van der Waals surface area contributed by atoms with E-state index in [9.17, 15) is 13.6 Å². The fourth-order valence-electron chi connectivity index (χ4n) is 4.73. The molecule has 29 heavy (non-hydrogen) atoms. The zero-order chi connectivity index (χ0) is 21.0. The van der Waals surface area contributed by atoms with Gasteiger partial charge in [-0.05, 0) is 38.7 Å². The Morgan fingerprint density at radius 1 is 1.17 bits per heavy atom. The predicted molar refractivity (Wildman–Crippen MR) is 104 cm³/mol. The van der Waals surface area contributed by atoms with Crippen molar-refractivity contribution in [3.05, 3.63) is 22.2 Å². The Morgan fingerprint density at radius 3 is 2.38 bits per heavy atom. The van der Waals surface area contributed by atoms with Crippen LogP contribution in [0.15, 0.2) is 6.07 Å². The molecule has 0 spiro atoms. The summed E-state index contributed by atoms with van der Waals surface area (Å²) in [5, 5.41) is 3.68. The number of hydrogen-bond donors (Lipinski definition) is 1. The van der Waals surface area contributed by atoms with Crippen LogP contribution in [0, 0.1) is 12.8 Å². The second-order valence-corrected chi connectivity index (χ2v) is 8.98. The molecule has 2 saturated carbocycles. The molecule has 1 aliphatic heterocycles. The first-order valence-corrected chi connectivity index (χ1v) is 10.4. The number of alkyl halides is 2. The number of rotatable bonds is 4. The minimum Gasteiger partial charge on any atom is -0.465 e. The molecule has 1 atom stereocenters. The summed E-state index contributed by atoms with van der Waals surface area (Å²) >= 11 is 6.36. The van der Waals surface area contributed by atoms with Crippen LogP contribution in [0.1, 0.15) is 61.4 Å². The zero-order valence-corrected chi connectivity index (χ0v) is 17.6. The van der Waals surface area contributed by atoms with E-state index < -0.39 is 17.7 Å². The summed E-state index contributed by atoms with van der Waals surface area (Å²) in [7, 11) is 1.32. The average molecular weight is 430 g/mol. The van der Waals surface area contributed by atoms with Crippen LogP contribution >= 0.6 is 11.6 Å². The SMILES string of the molecule is COC(=O)c1cc(Cl)c2c(c1C)OC(C)(C1CCC(NC3CC(F)(F)C3)CC1)O2. The molecule has 5 nitrogen and oxygen atoms in total. The fourth-order valence-corrected chi connectivity index (χ4v) is 4.96. The molecule has 160 valence electrons. The zero-order valence-electron chi connectivity index (χ0n) is 16.8. The Hall–Kier alpha value is -1.60. The van der Waals surface area contributed by atoms with E-state index in [0.29, 0.717) is 27.6 Å². The number of nitrogens with one attached hydrogen (secondary N) is 1. The minimum absolute atomic E-state index is 0.0630. The van der Waals surface area contributed by atoms with E-state index >= 15 is 0 Å². The second-order valence-electron chi connectivity index (χ2n) is 8.58. The lowest BCUT2D eigenvalue weighted by Gasteiger charge is -2.41. The van der Waals surface area contributed by atoms with Gasteiger partial charge in [-0.2, -0.15) is 0 Å². The summed E-state index contributed by atoms with van der Waals surface area (Å²) in [5.41, 5.74) is 0.996. The topological polar surface area (TPSA) is 56.8 Å². The molecule has 1 aromatic carbocycles. The Kier molecular flexibility index (Phi) is 5.18. The molecular weight excluding hydrogens is 404 g/mol. The smallest absolute Gasteiger partial charge is 0.338 e. The molecule has 2 fully saturated rings. The van der Waals surface area contributed by atoms with Crippen molar-refractivity contribution < 1.29 is 27.8 Å². The van der Waals surface area contributed by atoms with E-state index in [1.165, 1.54) is 7.11 Å². The van der Waals surface area contributed by atoms with Crippen molar-refractivity contribution in [1.29, 1.82) is 0 Å². The van der Waals surface area contributed by atoms with Gasteiger partial charge >= 0.3 is 5.97 Å². The summed E-state index contributed by atoms with van der Waals surface area (Å²) in [6.07, 6.45) is 3.34. The third kappa shape index (κ3) is 3.79. The molecule has 1 heterocycles. The Morgan fingerprint density at radius 2 is 1.79 bits per heavy atom. The molecule has 0 radical (unpaired) electrons. The number of ether oxygens (including phenoxy) is 3. The Labute approximate surface area is 174 Å². The van der Waals surface area contributed by atoms with Gasteiger partial charge in [0.2, 0.25) is 0 Å². The van der Waals surface area contributed by atoms with Crippen LogP contribution < -0.4 is 14.8 Å². The summed E-state index contributed by atoms with van der Waals surface area (Å²) in [4.78, 5) is 12.0. The lowest BCUT2D eigenvalue weighted by molar-refractivity contribution is -0.123. The minimum atomic E-state index is -2.50. The lowest BCUT2D eigenvalue weighted by Crippen LogP contribution is -2.53. The molecule has 0 aromatic heterocycles. The Bertz CT molecular complexity index is 817. The molecule has 1 aromatic rings. The number of carbonyl (C=O) groups excluding carboxylic acids is 1. The Balaban J connectivity index is 1.41. The van der Waals surface area contributed by atoms with Gasteiger partial charge in [0.15, 0.2) is 11.5 Å². The largest absolute Gasteiger partial charge is 0.465 e. The number of methoxy groups -OCH3 is 1. The quantitative estimate of drug-likeness (QED) is 0.692. The summed E-state index contributed by atoms with van der Waals surface area (Å²) in [6.45, 7) is 3.68. The van der Waals surface area contributed by atoms with Crippen LogP contribution in [-0.4, -0.2) is 36.9 Å². The molecule has 4 rings (SSSR count). The summed E-state index contributed by atoms with van der Waals surface area (Å²) < 4.78 is 43.3. The standard InChI is InChI=1S/C21H26ClF2NO4/c1-11-15(19(26)27-3)8-16(22)18-17(11)28-20(2,29-18)12-4-6-13(7-5-12)25-14-9-21(23,24)10-14/h8,12-14,25H,4-7,9-10H2,1-3H3. The van der Waals surface area contributed by atoms with Crippen LogP contribution in [0.5, 0.6) is 11.5 Å². The van der Waals surface area contributed by atoms with Gasteiger partial charge in [-0.15, -0.1) is 0 Å². The van der Waals surface area contributed by atoms with Gasteiger partial charge in [-0.3, -0.25) is 0 Å². The molecule has 1 N–H and O–H groups in total. The number of fused-ring (bicyclic) bond motifs is 1. The first-order valence-electron chi connectivity index (χ1n) is 10.0. The number of hydrogen-bond acceptors (Lipinski definition) is 5. The predicted octanol–water partition coefficient (Wildman–Crippen LogP) is 4.87. The van der Waals surface area contributed by atoms with E-state index in [0.717, 1.165) is 25.7 Å². The molecule has 3 aliphatic rings. The third-order valence-electron chi connectivity index (χ3n) is 6.48. The van der Waals surface area contributed by atoms with Crippen molar-refractivity contribution in [2.24, 2.45) is 5.92 Å². The summed E-state index contributed by atoms with van der Waals surface area (Å²) in [6, 6.07) is 1.71. The van der Waals surface area contributed by atoms with Gasteiger partial charge in [0, 0.05) is 43.3 Å². The van der Waals surface area contributed by atoms with Crippen LogP contribution in [0.25, 0.3) is 0 Å². The van der Waals surface area contributed by atoms with E-state index in [2.05, 4.69) is 5.32 Å². The van der Waals surface area contributed by atoms with Crippen molar-refractivity contribution in [1.82, 2.24) is 5.32 Å². The van der Waals surface area contributed by atoms with E-state index in [1.54, 1.807) is 13.0 Å². The maximum absolute atomic E-state index is 13.0. The highest BCUT2D eigenvalue weighted by Crippen LogP contribution is 2.51. The summed E-state index contributed by atoms with van der Waals surface area (Å²) in [5.74, 6) is -2.78. The van der Waals surface area contributed by atoms with E-state index in [1.807, 2.05) is 6.92 Å². The van der Waals surface area contributed by atoms with Crippen LogP contribution in [0.3, 0.4) is 0 Å². The van der Waals surface area contributed by atoms with Gasteiger partial charge in [0.25, 0.3) is 11.7 Å². The van der Waals surface area contributed by atoms with Crippen LogP contribution in [0.4, 0.5) is 8.78 Å². The number of benzene rings is 1. The monoisotopic (exact) mass is 429 g/mol. The molecule has 2 aliphatic carbocycles. The second kappa shape index (κ2) is 7.27. The first-order chi connectivity index (χ1) is 13.6. The number of halogens is 3. The van der Waals surface area contributed by atoms with Gasteiger partial charge in [0.1, 0.15) is 0 Å². The van der Waals surface area contributed by atoms with Crippen molar-refractivity contribution in [3.63, 3.8) is 0 Å². The first kappa shape index (κ1) is 20.7. The van der Waals surface area contributed by atoms with Gasteiger partial charge < -0.3 is 19.5 Å². The fraction of sp³-hybridized carbons (Fsp3) is 0.667. The van der Waals surface area contributed by atoms with Crippen LogP contribution in [0.2, 0.25) is 5.02 Å². The molecule has 0 saturated heterocycles. The maximum atomic E-state index is 13.0. The molecular formula is C21H26ClF2NO4. The maximum Gasteiger partial charge on any atom is 0.338 e. The highest BCUT2D eigenvalue weighted by Gasteiger charge is 2.49. The average Bonchev–Trinajstić information content (AvgIpc) is 3.03. The molecule has 8 heteroatoms. The van der Waals surface area contributed by atoms with Crippen molar-refractivity contribution in [3.8, 4) is 11.5 Å². The lowest BCUT2D eigenvalue weighted by atomic mass is 9.79. The van der Waals surface area contributed by atoms with Crippen molar-refractivity contribution in [2.45, 2.75) is 76.2 Å². The number of carbonyl (C=O) groups is 1. The highest BCUT2D eigenvalue weighted by atomic mass is 35.5. The van der Waals surface area contributed by atoms with Crippen LogP contribution in [-0.2, 0) is 4.74 Å². The molecule has 0 bridgehead atoms.